The molecule has 1 unspecified atom stereocenters. The van der Waals surface area contributed by atoms with Gasteiger partial charge in [-0.1, -0.05) is 12.1 Å². The summed E-state index contributed by atoms with van der Waals surface area (Å²) in [4.78, 5) is 15.7. The molecular formula is C16H21N3O2. The smallest absolute Gasteiger partial charge is 0.236 e. The van der Waals surface area contributed by atoms with Gasteiger partial charge in [-0.3, -0.25) is 9.69 Å². The van der Waals surface area contributed by atoms with E-state index in [-0.39, 0.29) is 5.91 Å². The molecule has 112 valence electrons. The number of aliphatic hydroxyl groups excluding tert-OH is 1. The van der Waals surface area contributed by atoms with Crippen LogP contribution in [0.5, 0.6) is 0 Å². The fourth-order valence-electron chi connectivity index (χ4n) is 2.54. The quantitative estimate of drug-likeness (QED) is 0.882. The maximum Gasteiger partial charge on any atom is 0.236 e. The summed E-state index contributed by atoms with van der Waals surface area (Å²) in [6.07, 6.45) is 1.52. The summed E-state index contributed by atoms with van der Waals surface area (Å²) in [6, 6.07) is 8.92. The van der Waals surface area contributed by atoms with Gasteiger partial charge in [-0.05, 0) is 37.6 Å². The van der Waals surface area contributed by atoms with Crippen molar-refractivity contribution in [3.05, 3.63) is 35.4 Å². The van der Waals surface area contributed by atoms with Crippen LogP contribution < -0.4 is 0 Å². The molecule has 5 nitrogen and oxygen atoms in total. The van der Waals surface area contributed by atoms with Crippen molar-refractivity contribution >= 4 is 5.91 Å². The second-order valence-corrected chi connectivity index (χ2v) is 5.53. The van der Waals surface area contributed by atoms with Gasteiger partial charge in [0, 0.05) is 19.6 Å². The van der Waals surface area contributed by atoms with E-state index >= 15 is 0 Å². The second-order valence-electron chi connectivity index (χ2n) is 5.53. The number of nitrogens with zero attached hydrogens (tertiary/aromatic N) is 3. The maximum absolute atomic E-state index is 12.0. The van der Waals surface area contributed by atoms with Crippen molar-refractivity contribution in [3.8, 4) is 6.07 Å². The van der Waals surface area contributed by atoms with E-state index in [0.717, 1.165) is 31.5 Å². The lowest BCUT2D eigenvalue weighted by Gasteiger charge is -2.23. The summed E-state index contributed by atoms with van der Waals surface area (Å²) >= 11 is 0. The van der Waals surface area contributed by atoms with Crippen LogP contribution in [-0.4, -0.2) is 54.0 Å². The standard InChI is InChI=1S/C16H21N3O2/c1-18(12-16(21)19-8-2-3-9-19)11-15(20)14-6-4-13(10-17)5-7-14/h4-7,15,20H,2-3,8-9,11-12H2,1H3. The van der Waals surface area contributed by atoms with Crippen LogP contribution in [0.4, 0.5) is 0 Å². The van der Waals surface area contributed by atoms with Crippen molar-refractivity contribution in [1.82, 2.24) is 9.80 Å². The first-order valence-corrected chi connectivity index (χ1v) is 7.24. The number of likely N-dealkylation sites (tertiary alicyclic amines) is 1. The Morgan fingerprint density at radius 3 is 2.57 bits per heavy atom. The fraction of sp³-hybridized carbons (Fsp3) is 0.500. The number of likely N-dealkylation sites (N-methyl/N-ethyl adjacent to an activating group) is 1. The first-order valence-electron chi connectivity index (χ1n) is 7.24. The second kappa shape index (κ2) is 7.21. The molecule has 1 atom stereocenters. The van der Waals surface area contributed by atoms with E-state index in [1.54, 1.807) is 24.3 Å². The molecule has 1 amide bonds. The minimum absolute atomic E-state index is 0.127. The van der Waals surface area contributed by atoms with Crippen LogP contribution in [0.15, 0.2) is 24.3 Å². The molecule has 0 aliphatic carbocycles. The zero-order valence-corrected chi connectivity index (χ0v) is 12.3. The molecule has 0 radical (unpaired) electrons. The molecule has 1 saturated heterocycles. The van der Waals surface area contributed by atoms with Crippen molar-refractivity contribution < 1.29 is 9.90 Å². The van der Waals surface area contributed by atoms with Crippen LogP contribution in [0.3, 0.4) is 0 Å². The molecule has 2 rings (SSSR count). The van der Waals surface area contributed by atoms with Gasteiger partial charge in [0.15, 0.2) is 0 Å². The Labute approximate surface area is 125 Å². The Bertz CT molecular complexity index is 515. The number of amides is 1. The van der Waals surface area contributed by atoms with E-state index in [2.05, 4.69) is 0 Å². The normalized spacial score (nSPS) is 16.0. The highest BCUT2D eigenvalue weighted by atomic mass is 16.3. The Morgan fingerprint density at radius 2 is 2.00 bits per heavy atom. The SMILES string of the molecule is CN(CC(=O)N1CCCC1)CC(O)c1ccc(C#N)cc1. The van der Waals surface area contributed by atoms with Crippen LogP contribution in [0.2, 0.25) is 0 Å². The van der Waals surface area contributed by atoms with Crippen molar-refractivity contribution in [2.24, 2.45) is 0 Å². The third-order valence-corrected chi connectivity index (χ3v) is 3.77. The molecule has 1 aromatic carbocycles. The number of aliphatic hydroxyl groups is 1. The Morgan fingerprint density at radius 1 is 1.38 bits per heavy atom. The highest BCUT2D eigenvalue weighted by Gasteiger charge is 2.20. The topological polar surface area (TPSA) is 67.6 Å². The third kappa shape index (κ3) is 4.28. The van der Waals surface area contributed by atoms with Gasteiger partial charge in [-0.2, -0.15) is 5.26 Å². The summed E-state index contributed by atoms with van der Waals surface area (Å²) < 4.78 is 0. The summed E-state index contributed by atoms with van der Waals surface area (Å²) in [6.45, 7) is 2.43. The third-order valence-electron chi connectivity index (χ3n) is 3.77. The number of carbonyl (C=O) groups is 1. The first kappa shape index (κ1) is 15.5. The Balaban J connectivity index is 1.84. The van der Waals surface area contributed by atoms with Crippen molar-refractivity contribution in [3.63, 3.8) is 0 Å². The Kier molecular flexibility index (Phi) is 5.32. The van der Waals surface area contributed by atoms with Crippen LogP contribution in [0.1, 0.15) is 30.1 Å². The number of hydrogen-bond acceptors (Lipinski definition) is 4. The zero-order valence-electron chi connectivity index (χ0n) is 12.3. The largest absolute Gasteiger partial charge is 0.387 e. The maximum atomic E-state index is 12.0. The van der Waals surface area contributed by atoms with Crippen molar-refractivity contribution in [1.29, 1.82) is 5.26 Å². The summed E-state index contributed by atoms with van der Waals surface area (Å²) in [5, 5.41) is 18.9. The monoisotopic (exact) mass is 287 g/mol. The van der Waals surface area contributed by atoms with Crippen molar-refractivity contribution in [2.75, 3.05) is 33.2 Å². The van der Waals surface area contributed by atoms with E-state index < -0.39 is 6.10 Å². The number of rotatable bonds is 5. The van der Waals surface area contributed by atoms with E-state index in [0.29, 0.717) is 18.7 Å². The van der Waals surface area contributed by atoms with E-state index in [4.69, 9.17) is 5.26 Å². The van der Waals surface area contributed by atoms with E-state index in [9.17, 15) is 9.90 Å². The highest BCUT2D eigenvalue weighted by Crippen LogP contribution is 2.15. The van der Waals surface area contributed by atoms with Gasteiger partial charge < -0.3 is 10.0 Å². The predicted octanol–water partition coefficient (Wildman–Crippen LogP) is 1.15. The van der Waals surface area contributed by atoms with Gasteiger partial charge in [-0.25, -0.2) is 0 Å². The van der Waals surface area contributed by atoms with E-state index in [1.807, 2.05) is 22.9 Å². The van der Waals surface area contributed by atoms with Gasteiger partial charge in [0.25, 0.3) is 0 Å². The zero-order chi connectivity index (χ0) is 15.2. The molecule has 1 aliphatic heterocycles. The van der Waals surface area contributed by atoms with Gasteiger partial charge in [0.05, 0.1) is 24.3 Å². The van der Waals surface area contributed by atoms with Crippen LogP contribution >= 0.6 is 0 Å². The summed E-state index contributed by atoms with van der Waals surface area (Å²) in [5.74, 6) is 0.127. The van der Waals surface area contributed by atoms with Crippen LogP contribution in [-0.2, 0) is 4.79 Å². The molecule has 5 heteroatoms. The van der Waals surface area contributed by atoms with Crippen LogP contribution in [0.25, 0.3) is 0 Å². The van der Waals surface area contributed by atoms with Crippen LogP contribution in [0, 0.1) is 11.3 Å². The molecule has 0 saturated carbocycles. The molecule has 21 heavy (non-hydrogen) atoms. The van der Waals surface area contributed by atoms with Gasteiger partial charge >= 0.3 is 0 Å². The number of carbonyl (C=O) groups excluding carboxylic acids is 1. The summed E-state index contributed by atoms with van der Waals surface area (Å²) in [5.41, 5.74) is 1.33. The lowest BCUT2D eigenvalue weighted by Crippen LogP contribution is -2.38. The molecule has 1 heterocycles. The van der Waals surface area contributed by atoms with Crippen molar-refractivity contribution in [2.45, 2.75) is 18.9 Å². The first-order chi connectivity index (χ1) is 10.1. The lowest BCUT2D eigenvalue weighted by molar-refractivity contribution is -0.131. The average Bonchev–Trinajstić information content (AvgIpc) is 3.01. The molecule has 1 aliphatic rings. The highest BCUT2D eigenvalue weighted by molar-refractivity contribution is 5.78. The number of hydrogen-bond donors (Lipinski definition) is 1. The van der Waals surface area contributed by atoms with Gasteiger partial charge in [0.2, 0.25) is 5.91 Å². The molecule has 0 aromatic heterocycles. The number of benzene rings is 1. The van der Waals surface area contributed by atoms with Gasteiger partial charge in [-0.15, -0.1) is 0 Å². The molecule has 1 fully saturated rings. The minimum atomic E-state index is -0.658. The molecule has 0 spiro atoms. The average molecular weight is 287 g/mol. The number of nitriles is 1. The molecule has 1 aromatic rings. The van der Waals surface area contributed by atoms with E-state index in [1.165, 1.54) is 0 Å². The minimum Gasteiger partial charge on any atom is -0.387 e. The molecular weight excluding hydrogens is 266 g/mol. The lowest BCUT2D eigenvalue weighted by atomic mass is 10.1. The predicted molar refractivity (Wildman–Crippen MR) is 79.4 cm³/mol. The van der Waals surface area contributed by atoms with Gasteiger partial charge in [0.1, 0.15) is 0 Å². The molecule has 1 N–H and O–H groups in total. The fourth-order valence-corrected chi connectivity index (χ4v) is 2.54. The Hall–Kier alpha value is -1.90. The molecule has 0 bridgehead atoms. The summed E-state index contributed by atoms with van der Waals surface area (Å²) in [7, 11) is 1.83.